The molecule has 1 aliphatic rings. The molecule has 100 valence electrons. The van der Waals surface area contributed by atoms with E-state index in [-0.39, 0.29) is 5.92 Å². The lowest BCUT2D eigenvalue weighted by Gasteiger charge is -2.49. The number of β-amino-alcohol motifs (C(OH)–C–C–N with tert-alkyl or cyclic N) is 1. The molecule has 1 fully saturated rings. The fourth-order valence-corrected chi connectivity index (χ4v) is 2.07. The van der Waals surface area contributed by atoms with Crippen LogP contribution in [0.5, 0.6) is 5.75 Å². The van der Waals surface area contributed by atoms with Gasteiger partial charge in [-0.05, 0) is 24.5 Å². The Bertz CT molecular complexity index is 401. The summed E-state index contributed by atoms with van der Waals surface area (Å²) in [5.74, 6) is 1.92. The SMILES string of the molecule is CCCOc1cccnc1N1CC(O)(C(C)C)C1. The summed E-state index contributed by atoms with van der Waals surface area (Å²) in [6.07, 6.45) is 2.74. The van der Waals surface area contributed by atoms with Crippen LogP contribution >= 0.6 is 0 Å². The van der Waals surface area contributed by atoms with Gasteiger partial charge in [0, 0.05) is 6.20 Å². The van der Waals surface area contributed by atoms with Gasteiger partial charge in [0.1, 0.15) is 5.60 Å². The first kappa shape index (κ1) is 13.1. The first-order chi connectivity index (χ1) is 8.57. The Morgan fingerprint density at radius 1 is 1.50 bits per heavy atom. The van der Waals surface area contributed by atoms with Crippen molar-refractivity contribution in [3.05, 3.63) is 18.3 Å². The molecule has 1 aromatic rings. The third-order valence-corrected chi connectivity index (χ3v) is 3.52. The van der Waals surface area contributed by atoms with Crippen LogP contribution in [0.15, 0.2) is 18.3 Å². The lowest BCUT2D eigenvalue weighted by molar-refractivity contribution is -0.0306. The largest absolute Gasteiger partial charge is 0.490 e. The zero-order valence-corrected chi connectivity index (χ0v) is 11.4. The Balaban J connectivity index is 2.07. The van der Waals surface area contributed by atoms with Crippen molar-refractivity contribution in [1.29, 1.82) is 0 Å². The Labute approximate surface area is 109 Å². The van der Waals surface area contributed by atoms with Crippen LogP contribution < -0.4 is 9.64 Å². The van der Waals surface area contributed by atoms with Crippen LogP contribution in [0.4, 0.5) is 5.82 Å². The van der Waals surface area contributed by atoms with Gasteiger partial charge in [0.15, 0.2) is 11.6 Å². The maximum absolute atomic E-state index is 10.3. The van der Waals surface area contributed by atoms with Gasteiger partial charge in [-0.15, -0.1) is 0 Å². The van der Waals surface area contributed by atoms with E-state index >= 15 is 0 Å². The number of hydrogen-bond acceptors (Lipinski definition) is 4. The molecule has 0 atom stereocenters. The molecule has 1 aliphatic heterocycles. The molecule has 0 aromatic carbocycles. The lowest BCUT2D eigenvalue weighted by Crippen LogP contribution is -2.65. The zero-order chi connectivity index (χ0) is 13.2. The van der Waals surface area contributed by atoms with Gasteiger partial charge >= 0.3 is 0 Å². The predicted octanol–water partition coefficient (Wildman–Crippen LogP) is 2.08. The molecule has 2 heterocycles. The van der Waals surface area contributed by atoms with Crippen LogP contribution in [0.1, 0.15) is 27.2 Å². The van der Waals surface area contributed by atoms with Gasteiger partial charge in [-0.2, -0.15) is 0 Å². The summed E-state index contributed by atoms with van der Waals surface area (Å²) in [6.45, 7) is 8.13. The summed E-state index contributed by atoms with van der Waals surface area (Å²) in [7, 11) is 0. The van der Waals surface area contributed by atoms with Crippen molar-refractivity contribution < 1.29 is 9.84 Å². The molecule has 0 spiro atoms. The molecule has 0 aliphatic carbocycles. The minimum Gasteiger partial charge on any atom is -0.490 e. The van der Waals surface area contributed by atoms with E-state index in [4.69, 9.17) is 4.74 Å². The molecule has 0 radical (unpaired) electrons. The van der Waals surface area contributed by atoms with Crippen molar-refractivity contribution >= 4 is 5.82 Å². The third kappa shape index (κ3) is 2.43. The minimum atomic E-state index is -0.584. The smallest absolute Gasteiger partial charge is 0.171 e. The van der Waals surface area contributed by atoms with Crippen molar-refractivity contribution in [2.45, 2.75) is 32.8 Å². The van der Waals surface area contributed by atoms with Crippen LogP contribution in [0, 0.1) is 5.92 Å². The highest BCUT2D eigenvalue weighted by atomic mass is 16.5. The third-order valence-electron chi connectivity index (χ3n) is 3.52. The second-order valence-corrected chi connectivity index (χ2v) is 5.29. The second-order valence-electron chi connectivity index (χ2n) is 5.29. The van der Waals surface area contributed by atoms with Crippen molar-refractivity contribution in [3.63, 3.8) is 0 Å². The van der Waals surface area contributed by atoms with Crippen molar-refractivity contribution in [3.8, 4) is 5.75 Å². The molecule has 0 unspecified atom stereocenters. The van der Waals surface area contributed by atoms with Crippen molar-refractivity contribution in [2.75, 3.05) is 24.6 Å². The fourth-order valence-electron chi connectivity index (χ4n) is 2.07. The summed E-state index contributed by atoms with van der Waals surface area (Å²) >= 11 is 0. The Morgan fingerprint density at radius 3 is 2.83 bits per heavy atom. The monoisotopic (exact) mass is 250 g/mol. The second kappa shape index (κ2) is 5.14. The van der Waals surface area contributed by atoms with E-state index in [1.807, 2.05) is 26.0 Å². The van der Waals surface area contributed by atoms with Gasteiger partial charge in [-0.1, -0.05) is 20.8 Å². The van der Waals surface area contributed by atoms with Gasteiger partial charge in [0.05, 0.1) is 19.7 Å². The summed E-state index contributed by atoms with van der Waals surface area (Å²) in [5, 5.41) is 10.3. The Kier molecular flexibility index (Phi) is 3.76. The van der Waals surface area contributed by atoms with Crippen LogP contribution in [0.2, 0.25) is 0 Å². The quantitative estimate of drug-likeness (QED) is 0.869. The fraction of sp³-hybridized carbons (Fsp3) is 0.643. The van der Waals surface area contributed by atoms with E-state index in [1.54, 1.807) is 6.20 Å². The highest BCUT2D eigenvalue weighted by Crippen LogP contribution is 2.36. The molecule has 4 nitrogen and oxygen atoms in total. The van der Waals surface area contributed by atoms with Gasteiger partial charge in [0.2, 0.25) is 0 Å². The number of rotatable bonds is 5. The molecule has 4 heteroatoms. The van der Waals surface area contributed by atoms with E-state index in [0.29, 0.717) is 19.7 Å². The van der Waals surface area contributed by atoms with E-state index in [1.165, 1.54) is 0 Å². The van der Waals surface area contributed by atoms with E-state index in [9.17, 15) is 5.11 Å². The van der Waals surface area contributed by atoms with Crippen molar-refractivity contribution in [2.24, 2.45) is 5.92 Å². The molecule has 0 amide bonds. The molecule has 0 saturated carbocycles. The van der Waals surface area contributed by atoms with Gasteiger partial charge in [-0.25, -0.2) is 4.98 Å². The van der Waals surface area contributed by atoms with E-state index in [0.717, 1.165) is 18.0 Å². The average Bonchev–Trinajstić information content (AvgIpc) is 2.32. The first-order valence-corrected chi connectivity index (χ1v) is 6.62. The molecular weight excluding hydrogens is 228 g/mol. The van der Waals surface area contributed by atoms with Crippen LogP contribution in [-0.2, 0) is 0 Å². The number of ether oxygens (including phenoxy) is 1. The zero-order valence-electron chi connectivity index (χ0n) is 11.4. The van der Waals surface area contributed by atoms with E-state index in [2.05, 4.69) is 16.8 Å². The van der Waals surface area contributed by atoms with Gasteiger partial charge < -0.3 is 14.7 Å². The molecule has 1 aromatic heterocycles. The number of nitrogens with zero attached hydrogens (tertiary/aromatic N) is 2. The summed E-state index contributed by atoms with van der Waals surface area (Å²) in [6, 6.07) is 3.81. The highest BCUT2D eigenvalue weighted by molar-refractivity contribution is 5.55. The molecule has 1 N–H and O–H groups in total. The van der Waals surface area contributed by atoms with Crippen LogP contribution in [0.25, 0.3) is 0 Å². The predicted molar refractivity (Wildman–Crippen MR) is 72.0 cm³/mol. The maximum atomic E-state index is 10.3. The number of hydrogen-bond donors (Lipinski definition) is 1. The maximum Gasteiger partial charge on any atom is 0.171 e. The van der Waals surface area contributed by atoms with Crippen molar-refractivity contribution in [1.82, 2.24) is 4.98 Å². The standard InChI is InChI=1S/C14H22N2O2/c1-4-8-18-12-6-5-7-15-13(12)16-9-14(17,10-16)11(2)3/h5-7,11,17H,4,8-10H2,1-3H3. The molecule has 0 bridgehead atoms. The Hall–Kier alpha value is -1.29. The number of pyridine rings is 1. The summed E-state index contributed by atoms with van der Waals surface area (Å²) in [4.78, 5) is 6.44. The number of anilines is 1. The molecular formula is C14H22N2O2. The minimum absolute atomic E-state index is 0.262. The highest BCUT2D eigenvalue weighted by Gasteiger charge is 2.44. The van der Waals surface area contributed by atoms with E-state index < -0.39 is 5.60 Å². The molecule has 1 saturated heterocycles. The average molecular weight is 250 g/mol. The Morgan fingerprint density at radius 2 is 2.22 bits per heavy atom. The number of aliphatic hydroxyl groups is 1. The van der Waals surface area contributed by atoms with Gasteiger partial charge in [0.25, 0.3) is 0 Å². The molecule has 2 rings (SSSR count). The first-order valence-electron chi connectivity index (χ1n) is 6.62. The van der Waals surface area contributed by atoms with Crippen LogP contribution in [0.3, 0.4) is 0 Å². The topological polar surface area (TPSA) is 45.6 Å². The summed E-state index contributed by atoms with van der Waals surface area (Å²) < 4.78 is 5.69. The van der Waals surface area contributed by atoms with Crippen LogP contribution in [-0.4, -0.2) is 35.4 Å². The normalized spacial score (nSPS) is 17.7. The molecule has 18 heavy (non-hydrogen) atoms. The van der Waals surface area contributed by atoms with Gasteiger partial charge in [-0.3, -0.25) is 0 Å². The lowest BCUT2D eigenvalue weighted by atomic mass is 9.83. The number of aromatic nitrogens is 1. The summed E-state index contributed by atoms with van der Waals surface area (Å²) in [5.41, 5.74) is -0.584.